The van der Waals surface area contributed by atoms with Crippen LogP contribution in [0.1, 0.15) is 16.7 Å². The van der Waals surface area contributed by atoms with Gasteiger partial charge < -0.3 is 4.74 Å². The van der Waals surface area contributed by atoms with Crippen LogP contribution >= 0.6 is 0 Å². The monoisotopic (exact) mass is 294 g/mol. The minimum absolute atomic E-state index is 1.08. The van der Waals surface area contributed by atoms with Crippen molar-refractivity contribution >= 4 is 19.3 Å². The predicted molar refractivity (Wildman–Crippen MR) is 93.0 cm³/mol. The van der Waals surface area contributed by atoms with E-state index in [9.17, 15) is 0 Å². The van der Waals surface area contributed by atoms with Gasteiger partial charge in [-0.05, 0) is 35.2 Å². The Labute approximate surface area is 128 Å². The Hall–Kier alpha value is -1.80. The fourth-order valence-electron chi connectivity index (χ4n) is 3.27. The lowest BCUT2D eigenvalue weighted by molar-refractivity contribution is 0.415. The molecule has 0 radical (unpaired) electrons. The van der Waals surface area contributed by atoms with Crippen molar-refractivity contribution in [3.8, 4) is 5.75 Å². The van der Waals surface area contributed by atoms with Gasteiger partial charge in [0, 0.05) is 0 Å². The molecule has 2 aromatic rings. The summed E-state index contributed by atoms with van der Waals surface area (Å²) in [6.07, 6.45) is 3.50. The van der Waals surface area contributed by atoms with Crippen LogP contribution in [0.25, 0.3) is 6.08 Å². The molecule has 0 saturated carbocycles. The molecule has 0 atom stereocenters. The van der Waals surface area contributed by atoms with Crippen LogP contribution in [0, 0.1) is 6.92 Å². The number of methoxy groups -OCH3 is 1. The zero-order chi connectivity index (χ0) is 15.0. The van der Waals surface area contributed by atoms with Gasteiger partial charge in [-0.1, -0.05) is 66.8 Å². The number of ether oxygens (including phenoxy) is 1. The molecule has 0 bridgehead atoms. The average Bonchev–Trinajstić information content (AvgIpc) is 2.91. The van der Waals surface area contributed by atoms with Gasteiger partial charge >= 0.3 is 0 Å². The number of aryl methyl sites for hydroxylation is 1. The Kier molecular flexibility index (Phi) is 3.50. The first kappa shape index (κ1) is 14.1. The van der Waals surface area contributed by atoms with E-state index in [-0.39, 0.29) is 0 Å². The molecule has 0 heterocycles. The molecule has 1 nitrogen and oxygen atoms in total. The maximum absolute atomic E-state index is 5.71. The van der Waals surface area contributed by atoms with Crippen molar-refractivity contribution < 1.29 is 4.74 Å². The summed E-state index contributed by atoms with van der Waals surface area (Å²) in [5, 5.41) is 3.00. The number of hydrogen-bond donors (Lipinski definition) is 0. The zero-order valence-electron chi connectivity index (χ0n) is 13.2. The third kappa shape index (κ3) is 2.34. The van der Waals surface area contributed by atoms with Crippen LogP contribution in [0.3, 0.4) is 0 Å². The minimum Gasteiger partial charge on any atom is -0.497 e. The van der Waals surface area contributed by atoms with E-state index in [1.54, 1.807) is 12.3 Å². The van der Waals surface area contributed by atoms with Gasteiger partial charge in [-0.3, -0.25) is 0 Å². The zero-order valence-corrected chi connectivity index (χ0v) is 14.2. The quantitative estimate of drug-likeness (QED) is 0.775. The SMILES string of the molecule is COc1c(C)cccc1[Si](C)(C)C1=Cc2ccccc2C1. The summed E-state index contributed by atoms with van der Waals surface area (Å²) in [6, 6.07) is 15.3. The molecule has 3 rings (SSSR count). The second kappa shape index (κ2) is 5.19. The molecule has 0 spiro atoms. The fraction of sp³-hybridized carbons (Fsp3) is 0.263. The summed E-state index contributed by atoms with van der Waals surface area (Å²) in [6.45, 7) is 6.99. The smallest absolute Gasteiger partial charge is 0.121 e. The number of hydrogen-bond acceptors (Lipinski definition) is 1. The van der Waals surface area contributed by atoms with Crippen LogP contribution < -0.4 is 9.92 Å². The van der Waals surface area contributed by atoms with Crippen molar-refractivity contribution in [2.24, 2.45) is 0 Å². The van der Waals surface area contributed by atoms with Gasteiger partial charge in [0.2, 0.25) is 0 Å². The van der Waals surface area contributed by atoms with Crippen molar-refractivity contribution in [1.29, 1.82) is 0 Å². The maximum Gasteiger partial charge on any atom is 0.121 e. The lowest BCUT2D eigenvalue weighted by Crippen LogP contribution is -2.44. The van der Waals surface area contributed by atoms with Gasteiger partial charge in [0.1, 0.15) is 13.8 Å². The van der Waals surface area contributed by atoms with Gasteiger partial charge in [-0.25, -0.2) is 0 Å². The normalized spacial score (nSPS) is 13.8. The van der Waals surface area contributed by atoms with Crippen molar-refractivity contribution in [2.75, 3.05) is 7.11 Å². The molecular formula is C19H22OSi. The lowest BCUT2D eigenvalue weighted by Gasteiger charge is -2.27. The van der Waals surface area contributed by atoms with Crippen LogP contribution in [-0.4, -0.2) is 15.2 Å². The summed E-state index contributed by atoms with van der Waals surface area (Å²) in [7, 11) is 0.0808. The molecule has 1 aliphatic rings. The molecule has 0 saturated heterocycles. The Balaban J connectivity index is 2.05. The Morgan fingerprint density at radius 1 is 1.00 bits per heavy atom. The van der Waals surface area contributed by atoms with E-state index in [1.807, 2.05) is 0 Å². The summed E-state index contributed by atoms with van der Waals surface area (Å²) in [5.74, 6) is 1.08. The van der Waals surface area contributed by atoms with Gasteiger partial charge in [0.15, 0.2) is 0 Å². The highest BCUT2D eigenvalue weighted by molar-refractivity contribution is 6.96. The number of para-hydroxylation sites is 1. The summed E-state index contributed by atoms with van der Waals surface area (Å²) in [4.78, 5) is 0. The first-order valence-corrected chi connectivity index (χ1v) is 10.5. The fourth-order valence-corrected chi connectivity index (χ4v) is 6.14. The molecular weight excluding hydrogens is 272 g/mol. The largest absolute Gasteiger partial charge is 0.497 e. The molecule has 108 valence electrons. The maximum atomic E-state index is 5.71. The third-order valence-corrected chi connectivity index (χ3v) is 8.32. The molecule has 0 unspecified atom stereocenters. The molecule has 0 aromatic heterocycles. The number of rotatable bonds is 3. The van der Waals surface area contributed by atoms with Crippen LogP contribution in [0.15, 0.2) is 47.7 Å². The van der Waals surface area contributed by atoms with Crippen molar-refractivity contribution in [3.05, 3.63) is 64.4 Å². The number of allylic oxidation sites excluding steroid dienone is 1. The Bertz CT molecular complexity index is 713. The molecule has 2 aromatic carbocycles. The average molecular weight is 294 g/mol. The first-order valence-electron chi connectivity index (χ1n) is 7.47. The number of benzene rings is 2. The van der Waals surface area contributed by atoms with E-state index in [0.29, 0.717) is 0 Å². The van der Waals surface area contributed by atoms with E-state index in [2.05, 4.69) is 68.6 Å². The van der Waals surface area contributed by atoms with Crippen molar-refractivity contribution in [2.45, 2.75) is 26.4 Å². The summed E-state index contributed by atoms with van der Waals surface area (Å²) < 4.78 is 5.71. The molecule has 1 aliphatic carbocycles. The van der Waals surface area contributed by atoms with E-state index in [0.717, 1.165) is 12.2 Å². The van der Waals surface area contributed by atoms with Gasteiger partial charge in [0.05, 0.1) is 7.11 Å². The first-order chi connectivity index (χ1) is 10.0. The molecule has 0 N–H and O–H groups in total. The molecule has 0 amide bonds. The summed E-state index contributed by atoms with van der Waals surface area (Å²) in [5.41, 5.74) is 4.08. The molecule has 0 fully saturated rings. The van der Waals surface area contributed by atoms with Gasteiger partial charge in [-0.15, -0.1) is 0 Å². The highest BCUT2D eigenvalue weighted by Crippen LogP contribution is 2.32. The Morgan fingerprint density at radius 2 is 1.76 bits per heavy atom. The van der Waals surface area contributed by atoms with Gasteiger partial charge in [-0.2, -0.15) is 0 Å². The molecule has 21 heavy (non-hydrogen) atoms. The highest BCUT2D eigenvalue weighted by atomic mass is 28.3. The van der Waals surface area contributed by atoms with Crippen LogP contribution in [0.2, 0.25) is 13.1 Å². The highest BCUT2D eigenvalue weighted by Gasteiger charge is 2.33. The topological polar surface area (TPSA) is 9.23 Å². The standard InChI is InChI=1S/C19H22OSi/c1-14-8-7-11-18(19(14)20-2)21(3,4)17-12-15-9-5-6-10-16(15)13-17/h5-12H,13H2,1-4H3. The molecule has 0 aliphatic heterocycles. The van der Waals surface area contributed by atoms with Crippen LogP contribution in [0.4, 0.5) is 0 Å². The van der Waals surface area contributed by atoms with Gasteiger partial charge in [0.25, 0.3) is 0 Å². The van der Waals surface area contributed by atoms with E-state index in [1.165, 1.54) is 21.9 Å². The van der Waals surface area contributed by atoms with E-state index in [4.69, 9.17) is 4.74 Å². The minimum atomic E-state index is -1.70. The number of fused-ring (bicyclic) bond motifs is 1. The van der Waals surface area contributed by atoms with Crippen LogP contribution in [-0.2, 0) is 6.42 Å². The third-order valence-electron chi connectivity index (χ3n) is 4.66. The van der Waals surface area contributed by atoms with E-state index < -0.39 is 8.07 Å². The summed E-state index contributed by atoms with van der Waals surface area (Å²) >= 11 is 0. The van der Waals surface area contributed by atoms with Crippen molar-refractivity contribution in [3.63, 3.8) is 0 Å². The molecule has 2 heteroatoms. The van der Waals surface area contributed by atoms with Crippen molar-refractivity contribution in [1.82, 2.24) is 0 Å². The van der Waals surface area contributed by atoms with E-state index >= 15 is 0 Å². The second-order valence-corrected chi connectivity index (χ2v) is 10.8. The lowest BCUT2D eigenvalue weighted by atomic mass is 10.1. The predicted octanol–water partition coefficient (Wildman–Crippen LogP) is 4.10. The Morgan fingerprint density at radius 3 is 2.48 bits per heavy atom. The second-order valence-electron chi connectivity index (χ2n) is 6.33. The van der Waals surface area contributed by atoms with Crippen LogP contribution in [0.5, 0.6) is 5.75 Å².